The molecule has 1 saturated carbocycles. The van der Waals surface area contributed by atoms with Gasteiger partial charge in [-0.25, -0.2) is 14.2 Å². The number of hydrogen-bond donors (Lipinski definition) is 4. The lowest BCUT2D eigenvalue weighted by atomic mass is 9.81. The van der Waals surface area contributed by atoms with Crippen LogP contribution in [0.3, 0.4) is 0 Å². The van der Waals surface area contributed by atoms with E-state index in [4.69, 9.17) is 0 Å². The number of amides is 2. The predicted molar refractivity (Wildman–Crippen MR) is 87.5 cm³/mol. The van der Waals surface area contributed by atoms with Crippen molar-refractivity contribution in [2.45, 2.75) is 37.8 Å². The summed E-state index contributed by atoms with van der Waals surface area (Å²) in [6, 6.07) is 2.77. The molecular formula is C17H22F2N4O2. The van der Waals surface area contributed by atoms with Crippen LogP contribution in [0, 0.1) is 17.6 Å². The van der Waals surface area contributed by atoms with Crippen molar-refractivity contribution in [3.05, 3.63) is 35.4 Å². The van der Waals surface area contributed by atoms with E-state index in [-0.39, 0.29) is 36.5 Å². The van der Waals surface area contributed by atoms with Crippen LogP contribution >= 0.6 is 0 Å². The van der Waals surface area contributed by atoms with Crippen LogP contribution in [0.2, 0.25) is 0 Å². The Morgan fingerprint density at radius 3 is 2.68 bits per heavy atom. The van der Waals surface area contributed by atoms with Gasteiger partial charge in [0.05, 0.1) is 5.56 Å². The Labute approximate surface area is 144 Å². The second kappa shape index (κ2) is 7.88. The van der Waals surface area contributed by atoms with Gasteiger partial charge in [-0.1, -0.05) is 12.8 Å². The molecule has 1 aliphatic carbocycles. The molecule has 25 heavy (non-hydrogen) atoms. The van der Waals surface area contributed by atoms with Crippen LogP contribution in [-0.4, -0.2) is 37.0 Å². The van der Waals surface area contributed by atoms with Gasteiger partial charge >= 0.3 is 0 Å². The Kier molecular flexibility index (Phi) is 5.60. The summed E-state index contributed by atoms with van der Waals surface area (Å²) in [4.78, 5) is 24.1. The molecule has 8 heteroatoms. The van der Waals surface area contributed by atoms with E-state index in [1.807, 2.05) is 0 Å². The molecule has 4 N–H and O–H groups in total. The van der Waals surface area contributed by atoms with Crippen molar-refractivity contribution in [2.75, 3.05) is 13.1 Å². The summed E-state index contributed by atoms with van der Waals surface area (Å²) in [6.45, 7) is 0.353. The molecule has 3 unspecified atom stereocenters. The monoisotopic (exact) mass is 352 g/mol. The average Bonchev–Trinajstić information content (AvgIpc) is 3.04. The Balaban J connectivity index is 1.43. The molecular weight excluding hydrogens is 330 g/mol. The van der Waals surface area contributed by atoms with Gasteiger partial charge in [0.2, 0.25) is 5.91 Å². The van der Waals surface area contributed by atoms with Gasteiger partial charge in [-0.3, -0.25) is 15.0 Å². The first-order valence-electron chi connectivity index (χ1n) is 8.58. The zero-order valence-electron chi connectivity index (χ0n) is 13.8. The minimum absolute atomic E-state index is 0.118. The summed E-state index contributed by atoms with van der Waals surface area (Å²) in [6.07, 6.45) is 4.38. The molecule has 0 spiro atoms. The molecule has 1 aromatic rings. The van der Waals surface area contributed by atoms with Crippen LogP contribution < -0.4 is 21.5 Å². The highest BCUT2D eigenvalue weighted by atomic mass is 19.1. The lowest BCUT2D eigenvalue weighted by molar-refractivity contribution is -0.123. The van der Waals surface area contributed by atoms with Crippen LogP contribution in [0.1, 0.15) is 36.0 Å². The Morgan fingerprint density at radius 1 is 1.08 bits per heavy atom. The number of nitrogens with one attached hydrogen (secondary N) is 4. The third-order valence-electron chi connectivity index (χ3n) is 4.84. The summed E-state index contributed by atoms with van der Waals surface area (Å²) < 4.78 is 26.6. The van der Waals surface area contributed by atoms with Gasteiger partial charge in [0.15, 0.2) is 0 Å². The molecule has 2 fully saturated rings. The predicted octanol–water partition coefficient (Wildman–Crippen LogP) is 0.846. The number of rotatable bonds is 5. The summed E-state index contributed by atoms with van der Waals surface area (Å²) in [5.41, 5.74) is 5.87. The third-order valence-corrected chi connectivity index (χ3v) is 4.84. The maximum absolute atomic E-state index is 13.5. The number of carbonyl (C=O) groups excluding carboxylic acids is 2. The van der Waals surface area contributed by atoms with Gasteiger partial charge < -0.3 is 10.6 Å². The number of halogens is 2. The van der Waals surface area contributed by atoms with Crippen molar-refractivity contribution in [3.8, 4) is 0 Å². The summed E-state index contributed by atoms with van der Waals surface area (Å²) in [7, 11) is 0. The average molecular weight is 352 g/mol. The number of hydrazine groups is 1. The highest BCUT2D eigenvalue weighted by Gasteiger charge is 2.40. The zero-order valence-corrected chi connectivity index (χ0v) is 13.8. The van der Waals surface area contributed by atoms with E-state index in [9.17, 15) is 18.4 Å². The van der Waals surface area contributed by atoms with Crippen molar-refractivity contribution in [1.82, 2.24) is 21.5 Å². The first-order valence-corrected chi connectivity index (χ1v) is 8.58. The van der Waals surface area contributed by atoms with Gasteiger partial charge in [0.25, 0.3) is 5.91 Å². The van der Waals surface area contributed by atoms with Gasteiger partial charge in [-0.15, -0.1) is 0 Å². The lowest BCUT2D eigenvalue weighted by Gasteiger charge is -2.26. The van der Waals surface area contributed by atoms with E-state index in [2.05, 4.69) is 21.5 Å². The van der Waals surface area contributed by atoms with Crippen molar-refractivity contribution in [1.29, 1.82) is 0 Å². The molecule has 6 nitrogen and oxygen atoms in total. The van der Waals surface area contributed by atoms with Crippen LogP contribution in [0.15, 0.2) is 18.2 Å². The zero-order chi connectivity index (χ0) is 17.8. The third kappa shape index (κ3) is 4.13. The molecule has 1 heterocycles. The highest BCUT2D eigenvalue weighted by molar-refractivity contribution is 5.94. The number of fused-ring (bicyclic) bond motifs is 1. The minimum atomic E-state index is -0.785. The first kappa shape index (κ1) is 17.8. The van der Waals surface area contributed by atoms with Gasteiger partial charge in [0.1, 0.15) is 17.7 Å². The molecule has 3 atom stereocenters. The number of benzene rings is 1. The Morgan fingerprint density at radius 2 is 1.84 bits per heavy atom. The van der Waals surface area contributed by atoms with E-state index in [1.165, 1.54) is 6.42 Å². The number of hydrogen-bond acceptors (Lipinski definition) is 4. The maximum atomic E-state index is 13.5. The Hall–Kier alpha value is -2.06. The largest absolute Gasteiger partial charge is 0.353 e. The molecule has 2 aliphatic rings. The molecule has 1 aromatic carbocycles. The molecule has 0 bridgehead atoms. The number of carbonyl (C=O) groups is 2. The minimum Gasteiger partial charge on any atom is -0.353 e. The molecule has 3 rings (SSSR count). The SMILES string of the molecule is O=C(NCCNC(=O)C1NNC2CCCCC21)c1cc(F)ccc1F. The topological polar surface area (TPSA) is 82.3 Å². The van der Waals surface area contributed by atoms with Gasteiger partial charge in [0, 0.05) is 25.0 Å². The van der Waals surface area contributed by atoms with Crippen LogP contribution in [0.5, 0.6) is 0 Å². The van der Waals surface area contributed by atoms with Crippen molar-refractivity contribution >= 4 is 11.8 Å². The molecule has 1 aliphatic heterocycles. The first-order chi connectivity index (χ1) is 12.1. The maximum Gasteiger partial charge on any atom is 0.254 e. The molecule has 2 amide bonds. The summed E-state index contributed by atoms with van der Waals surface area (Å²) in [5.74, 6) is -2.01. The summed E-state index contributed by atoms with van der Waals surface area (Å²) >= 11 is 0. The van der Waals surface area contributed by atoms with Crippen molar-refractivity contribution in [2.24, 2.45) is 5.92 Å². The normalized spacial score (nSPS) is 25.3. The van der Waals surface area contributed by atoms with Crippen molar-refractivity contribution < 1.29 is 18.4 Å². The van der Waals surface area contributed by atoms with E-state index in [0.29, 0.717) is 6.04 Å². The summed E-state index contributed by atoms with van der Waals surface area (Å²) in [5, 5.41) is 5.24. The molecule has 0 aromatic heterocycles. The van der Waals surface area contributed by atoms with Gasteiger partial charge in [-0.2, -0.15) is 0 Å². The second-order valence-corrected chi connectivity index (χ2v) is 6.49. The fraction of sp³-hybridized carbons (Fsp3) is 0.529. The molecule has 1 saturated heterocycles. The van der Waals surface area contributed by atoms with E-state index < -0.39 is 17.5 Å². The second-order valence-electron chi connectivity index (χ2n) is 6.49. The van der Waals surface area contributed by atoms with E-state index >= 15 is 0 Å². The standard InChI is InChI=1S/C17H22F2N4O2/c18-10-5-6-13(19)12(9-10)16(24)20-7-8-21-17(25)15-11-3-1-2-4-14(11)22-23-15/h5-6,9,11,14-15,22-23H,1-4,7-8H2,(H,20,24)(H,21,25). The van der Waals surface area contributed by atoms with E-state index in [0.717, 1.165) is 37.5 Å². The molecule has 136 valence electrons. The van der Waals surface area contributed by atoms with Crippen LogP contribution in [-0.2, 0) is 4.79 Å². The lowest BCUT2D eigenvalue weighted by Crippen LogP contribution is -2.47. The van der Waals surface area contributed by atoms with Crippen LogP contribution in [0.4, 0.5) is 8.78 Å². The Bertz CT molecular complexity index is 656. The van der Waals surface area contributed by atoms with Crippen molar-refractivity contribution in [3.63, 3.8) is 0 Å². The fourth-order valence-corrected chi connectivity index (χ4v) is 3.54. The van der Waals surface area contributed by atoms with Gasteiger partial charge in [-0.05, 0) is 31.0 Å². The molecule has 0 radical (unpaired) electrons. The smallest absolute Gasteiger partial charge is 0.254 e. The van der Waals surface area contributed by atoms with Crippen LogP contribution in [0.25, 0.3) is 0 Å². The van der Waals surface area contributed by atoms with E-state index in [1.54, 1.807) is 0 Å². The quantitative estimate of drug-likeness (QED) is 0.592. The fourth-order valence-electron chi connectivity index (χ4n) is 3.54. The highest BCUT2D eigenvalue weighted by Crippen LogP contribution is 2.29.